The zero-order valence-electron chi connectivity index (χ0n) is 12.4. The summed E-state index contributed by atoms with van der Waals surface area (Å²) >= 11 is 0. The van der Waals surface area contributed by atoms with Crippen molar-refractivity contribution in [2.24, 2.45) is 0 Å². The van der Waals surface area contributed by atoms with Crippen LogP contribution in [0.5, 0.6) is 0 Å². The van der Waals surface area contributed by atoms with Gasteiger partial charge in [-0.25, -0.2) is 0 Å². The van der Waals surface area contributed by atoms with Crippen molar-refractivity contribution in [3.63, 3.8) is 0 Å². The number of likely N-dealkylation sites (tertiary alicyclic amines) is 1. The van der Waals surface area contributed by atoms with Gasteiger partial charge in [-0.1, -0.05) is 5.16 Å². The zero-order chi connectivity index (χ0) is 17.1. The van der Waals surface area contributed by atoms with Gasteiger partial charge in [0.1, 0.15) is 6.54 Å². The van der Waals surface area contributed by atoms with Crippen molar-refractivity contribution in [3.8, 4) is 11.4 Å². The molecule has 24 heavy (non-hydrogen) atoms. The van der Waals surface area contributed by atoms with Crippen LogP contribution in [0.3, 0.4) is 0 Å². The Kier molecular flexibility index (Phi) is 4.18. The molecule has 2 aromatic rings. The number of imide groups is 1. The van der Waals surface area contributed by atoms with Gasteiger partial charge in [0.15, 0.2) is 0 Å². The van der Waals surface area contributed by atoms with Crippen molar-refractivity contribution in [1.82, 2.24) is 25.3 Å². The van der Waals surface area contributed by atoms with Gasteiger partial charge < -0.3 is 14.8 Å². The van der Waals surface area contributed by atoms with Gasteiger partial charge in [-0.2, -0.15) is 4.98 Å². The molecule has 0 unspecified atom stereocenters. The number of rotatable bonds is 5. The van der Waals surface area contributed by atoms with Crippen molar-refractivity contribution in [2.45, 2.75) is 19.4 Å². The Hall–Kier alpha value is -3.30. The largest absolute Gasteiger partial charge is 0.345 e. The Morgan fingerprint density at radius 1 is 1.29 bits per heavy atom. The molecule has 2 N–H and O–H groups in total. The molecule has 2 aromatic heterocycles. The van der Waals surface area contributed by atoms with E-state index in [1.165, 1.54) is 12.3 Å². The zero-order valence-corrected chi connectivity index (χ0v) is 12.4. The van der Waals surface area contributed by atoms with Crippen LogP contribution in [-0.2, 0) is 20.9 Å². The fourth-order valence-electron chi connectivity index (χ4n) is 2.20. The number of aromatic amines is 1. The lowest BCUT2D eigenvalue weighted by molar-refractivity contribution is -0.142. The molecule has 1 aliphatic heterocycles. The highest BCUT2D eigenvalue weighted by atomic mass is 16.5. The summed E-state index contributed by atoms with van der Waals surface area (Å²) in [6.07, 6.45) is 1.73. The first-order valence-electron chi connectivity index (χ1n) is 7.14. The van der Waals surface area contributed by atoms with Gasteiger partial charge in [-0.3, -0.25) is 24.1 Å². The van der Waals surface area contributed by atoms with E-state index in [2.05, 4.69) is 20.4 Å². The average Bonchev–Trinajstić information content (AvgIpc) is 3.15. The number of carbonyl (C=O) groups is 3. The van der Waals surface area contributed by atoms with E-state index in [1.54, 1.807) is 6.07 Å². The van der Waals surface area contributed by atoms with E-state index in [1.807, 2.05) is 0 Å². The molecular formula is C14H13N5O5. The lowest BCUT2D eigenvalue weighted by Gasteiger charge is -2.12. The fraction of sp³-hybridized carbons (Fsp3) is 0.286. The lowest BCUT2D eigenvalue weighted by atomic mass is 10.2. The molecule has 1 saturated heterocycles. The number of aromatic nitrogens is 3. The van der Waals surface area contributed by atoms with Crippen molar-refractivity contribution >= 4 is 17.7 Å². The highest BCUT2D eigenvalue weighted by Gasteiger charge is 2.30. The van der Waals surface area contributed by atoms with Crippen molar-refractivity contribution in [2.75, 3.05) is 6.54 Å². The summed E-state index contributed by atoms with van der Waals surface area (Å²) in [4.78, 5) is 53.4. The first-order valence-corrected chi connectivity index (χ1v) is 7.14. The van der Waals surface area contributed by atoms with Gasteiger partial charge in [0, 0.05) is 30.7 Å². The second-order valence-electron chi connectivity index (χ2n) is 5.10. The van der Waals surface area contributed by atoms with Crippen LogP contribution >= 0.6 is 0 Å². The van der Waals surface area contributed by atoms with Crippen LogP contribution in [0.25, 0.3) is 11.4 Å². The Balaban J connectivity index is 1.57. The molecule has 0 bridgehead atoms. The Morgan fingerprint density at radius 2 is 2.04 bits per heavy atom. The molecule has 10 nitrogen and oxygen atoms in total. The number of pyridine rings is 1. The van der Waals surface area contributed by atoms with Crippen LogP contribution in [-0.4, -0.2) is 44.3 Å². The van der Waals surface area contributed by atoms with Gasteiger partial charge in [-0.05, 0) is 6.07 Å². The van der Waals surface area contributed by atoms with E-state index in [0.717, 1.165) is 4.90 Å². The first kappa shape index (κ1) is 15.6. The maximum Gasteiger partial charge on any atom is 0.248 e. The van der Waals surface area contributed by atoms with Gasteiger partial charge in [0.2, 0.25) is 35.0 Å². The van der Waals surface area contributed by atoms with Crippen LogP contribution in [0, 0.1) is 0 Å². The molecule has 0 aromatic carbocycles. The first-order chi connectivity index (χ1) is 11.5. The molecule has 3 heterocycles. The number of amides is 3. The quantitative estimate of drug-likeness (QED) is 0.683. The van der Waals surface area contributed by atoms with Crippen molar-refractivity contribution < 1.29 is 18.9 Å². The molecule has 0 radical (unpaired) electrons. The minimum atomic E-state index is -0.505. The Labute approximate surface area is 134 Å². The smallest absolute Gasteiger partial charge is 0.248 e. The van der Waals surface area contributed by atoms with Gasteiger partial charge >= 0.3 is 0 Å². The number of hydrogen-bond acceptors (Lipinski definition) is 7. The summed E-state index contributed by atoms with van der Waals surface area (Å²) in [5, 5.41) is 6.22. The van der Waals surface area contributed by atoms with E-state index >= 15 is 0 Å². The predicted molar refractivity (Wildman–Crippen MR) is 78.2 cm³/mol. The maximum absolute atomic E-state index is 11.8. The third-order valence-corrected chi connectivity index (χ3v) is 3.39. The average molecular weight is 331 g/mol. The maximum atomic E-state index is 11.8. The van der Waals surface area contributed by atoms with E-state index in [-0.39, 0.29) is 55.0 Å². The molecule has 0 spiro atoms. The summed E-state index contributed by atoms with van der Waals surface area (Å²) in [6.45, 7) is -0.377. The normalized spacial score (nSPS) is 14.2. The number of nitrogens with one attached hydrogen (secondary N) is 2. The van der Waals surface area contributed by atoms with Crippen molar-refractivity contribution in [3.05, 3.63) is 34.6 Å². The summed E-state index contributed by atoms with van der Waals surface area (Å²) in [5.74, 6) is -0.864. The summed E-state index contributed by atoms with van der Waals surface area (Å²) < 4.78 is 4.99. The highest BCUT2D eigenvalue weighted by Crippen LogP contribution is 2.13. The highest BCUT2D eigenvalue weighted by molar-refractivity contribution is 6.04. The minimum absolute atomic E-state index is 0.0504. The molecule has 1 fully saturated rings. The van der Waals surface area contributed by atoms with Crippen molar-refractivity contribution in [1.29, 1.82) is 0 Å². The molecule has 0 atom stereocenters. The molecule has 10 heteroatoms. The third-order valence-electron chi connectivity index (χ3n) is 3.39. The van der Waals surface area contributed by atoms with Crippen LogP contribution in [0.4, 0.5) is 0 Å². The van der Waals surface area contributed by atoms with Crippen LogP contribution in [0.15, 0.2) is 27.6 Å². The van der Waals surface area contributed by atoms with Gasteiger partial charge in [0.05, 0.1) is 6.54 Å². The third kappa shape index (κ3) is 3.37. The molecule has 3 amide bonds. The lowest BCUT2D eigenvalue weighted by Crippen LogP contribution is -2.39. The molecule has 124 valence electrons. The second-order valence-corrected chi connectivity index (χ2v) is 5.10. The number of carbonyl (C=O) groups excluding carboxylic acids is 3. The Morgan fingerprint density at radius 3 is 2.75 bits per heavy atom. The predicted octanol–water partition coefficient (Wildman–Crippen LogP) is -0.810. The minimum Gasteiger partial charge on any atom is -0.345 e. The van der Waals surface area contributed by atoms with Gasteiger partial charge in [0.25, 0.3) is 0 Å². The van der Waals surface area contributed by atoms with E-state index in [4.69, 9.17) is 4.52 Å². The fourth-order valence-corrected chi connectivity index (χ4v) is 2.20. The molecular weight excluding hydrogens is 318 g/mol. The number of hydrogen-bond donors (Lipinski definition) is 2. The monoisotopic (exact) mass is 331 g/mol. The topological polar surface area (TPSA) is 138 Å². The molecule has 0 saturated carbocycles. The molecule has 0 aliphatic carbocycles. The summed E-state index contributed by atoms with van der Waals surface area (Å²) in [5.41, 5.74) is 0.181. The van der Waals surface area contributed by atoms with Gasteiger partial charge in [-0.15, -0.1) is 0 Å². The molecule has 1 aliphatic rings. The standard InChI is InChI=1S/C14H13N5O5/c20-9-5-8(3-4-15-9)14-17-11(24-18-14)6-16-10(21)7-19-12(22)1-2-13(19)23/h3-5H,1-2,6-7H2,(H,15,20)(H,16,21). The number of H-pyrrole nitrogens is 1. The van der Waals surface area contributed by atoms with E-state index < -0.39 is 5.91 Å². The summed E-state index contributed by atoms with van der Waals surface area (Å²) in [6, 6.07) is 2.93. The van der Waals surface area contributed by atoms with Crippen LogP contribution < -0.4 is 10.9 Å². The van der Waals surface area contributed by atoms with Crippen LogP contribution in [0.2, 0.25) is 0 Å². The van der Waals surface area contributed by atoms with E-state index in [0.29, 0.717) is 5.56 Å². The summed E-state index contributed by atoms with van der Waals surface area (Å²) in [7, 11) is 0. The Bertz CT molecular complexity index is 839. The second kappa shape index (κ2) is 6.44. The molecule has 3 rings (SSSR count). The van der Waals surface area contributed by atoms with E-state index in [9.17, 15) is 19.2 Å². The SMILES string of the molecule is O=C(CN1C(=O)CCC1=O)NCc1nc(-c2cc[nH]c(=O)c2)no1. The van der Waals surface area contributed by atoms with Crippen LogP contribution in [0.1, 0.15) is 18.7 Å². The number of nitrogens with zero attached hydrogens (tertiary/aromatic N) is 3.